The molecule has 2 atom stereocenters. The number of aryl methyl sites for hydroxylation is 1. The van der Waals surface area contributed by atoms with E-state index in [1.807, 2.05) is 0 Å². The number of hydrogen-bond donors (Lipinski definition) is 1. The highest BCUT2D eigenvalue weighted by molar-refractivity contribution is 7.92. The fraction of sp³-hybridized carbons (Fsp3) is 0.364. The van der Waals surface area contributed by atoms with Gasteiger partial charge in [0.2, 0.25) is 0 Å². The van der Waals surface area contributed by atoms with Gasteiger partial charge in [-0.2, -0.15) is 0 Å². The topological polar surface area (TPSA) is 71.4 Å². The van der Waals surface area contributed by atoms with Gasteiger partial charge >= 0.3 is 5.97 Å². The molecule has 0 aliphatic heterocycles. The number of sulfone groups is 1. The molecule has 1 aliphatic carbocycles. The summed E-state index contributed by atoms with van der Waals surface area (Å²) in [6.45, 7) is 1.49. The minimum absolute atomic E-state index is 0.0210. The van der Waals surface area contributed by atoms with Gasteiger partial charge in [0.25, 0.3) is 0 Å². The molecule has 0 bridgehead atoms. The summed E-state index contributed by atoms with van der Waals surface area (Å²) in [6.07, 6.45) is 0.133. The predicted octanol–water partition coefficient (Wildman–Crippen LogP) is 1.38. The van der Waals surface area contributed by atoms with Crippen LogP contribution in [-0.4, -0.2) is 24.7 Å². The Kier molecular flexibility index (Phi) is 2.69. The normalized spacial score (nSPS) is 23.4. The van der Waals surface area contributed by atoms with E-state index >= 15 is 0 Å². The fourth-order valence-electron chi connectivity index (χ4n) is 1.87. The molecule has 0 saturated heterocycles. The van der Waals surface area contributed by atoms with Crippen molar-refractivity contribution in [1.82, 2.24) is 0 Å². The molecule has 1 N–H and O–H groups in total. The van der Waals surface area contributed by atoms with Gasteiger partial charge in [-0.15, -0.1) is 0 Å². The Morgan fingerprint density at radius 1 is 1.47 bits per heavy atom. The number of carbonyl (C=O) groups is 1. The summed E-state index contributed by atoms with van der Waals surface area (Å²) in [4.78, 5) is 10.7. The first-order chi connectivity index (χ1) is 7.84. The van der Waals surface area contributed by atoms with E-state index in [1.165, 1.54) is 13.0 Å². The van der Waals surface area contributed by atoms with Crippen LogP contribution in [0.3, 0.4) is 0 Å². The minimum Gasteiger partial charge on any atom is -0.481 e. The summed E-state index contributed by atoms with van der Waals surface area (Å²) in [5, 5.41) is 7.85. The average molecular weight is 258 g/mol. The summed E-state index contributed by atoms with van der Waals surface area (Å²) < 4.78 is 37.0. The number of halogens is 1. The van der Waals surface area contributed by atoms with Crippen LogP contribution in [0.4, 0.5) is 4.39 Å². The van der Waals surface area contributed by atoms with Gasteiger partial charge in [-0.05, 0) is 37.1 Å². The lowest BCUT2D eigenvalue weighted by Crippen LogP contribution is -2.14. The number of aliphatic carboxylic acids is 1. The third kappa shape index (κ3) is 2.04. The second-order valence-corrected chi connectivity index (χ2v) is 6.31. The maximum absolute atomic E-state index is 12.9. The smallest absolute Gasteiger partial charge is 0.307 e. The Morgan fingerprint density at radius 3 is 2.59 bits per heavy atom. The van der Waals surface area contributed by atoms with E-state index in [0.29, 0.717) is 5.56 Å². The van der Waals surface area contributed by atoms with E-state index in [2.05, 4.69) is 0 Å². The van der Waals surface area contributed by atoms with Crippen LogP contribution >= 0.6 is 0 Å². The van der Waals surface area contributed by atoms with Crippen molar-refractivity contribution in [2.45, 2.75) is 23.5 Å². The average Bonchev–Trinajstić information content (AvgIpc) is 2.96. The zero-order chi connectivity index (χ0) is 12.8. The molecule has 2 unspecified atom stereocenters. The third-order valence-electron chi connectivity index (χ3n) is 2.89. The van der Waals surface area contributed by atoms with Crippen molar-refractivity contribution in [3.05, 3.63) is 29.6 Å². The van der Waals surface area contributed by atoms with Crippen molar-refractivity contribution in [3.8, 4) is 0 Å². The molecule has 6 heteroatoms. The van der Waals surface area contributed by atoms with Crippen molar-refractivity contribution in [1.29, 1.82) is 0 Å². The second kappa shape index (κ2) is 3.80. The van der Waals surface area contributed by atoms with E-state index in [4.69, 9.17) is 5.11 Å². The molecule has 1 fully saturated rings. The molecule has 92 valence electrons. The molecule has 1 saturated carbocycles. The van der Waals surface area contributed by atoms with Gasteiger partial charge in [-0.25, -0.2) is 12.8 Å². The van der Waals surface area contributed by atoms with E-state index in [1.54, 1.807) is 0 Å². The predicted molar refractivity (Wildman–Crippen MR) is 57.9 cm³/mol. The van der Waals surface area contributed by atoms with Crippen LogP contribution in [0.1, 0.15) is 12.0 Å². The molecular weight excluding hydrogens is 247 g/mol. The van der Waals surface area contributed by atoms with Crippen molar-refractivity contribution in [2.24, 2.45) is 5.92 Å². The van der Waals surface area contributed by atoms with Gasteiger partial charge in [0.1, 0.15) is 5.82 Å². The highest BCUT2D eigenvalue weighted by atomic mass is 32.2. The van der Waals surface area contributed by atoms with Crippen molar-refractivity contribution in [3.63, 3.8) is 0 Å². The van der Waals surface area contributed by atoms with E-state index in [9.17, 15) is 17.6 Å². The molecule has 4 nitrogen and oxygen atoms in total. The van der Waals surface area contributed by atoms with Crippen LogP contribution < -0.4 is 0 Å². The summed E-state index contributed by atoms with van der Waals surface area (Å²) in [7, 11) is -3.65. The summed E-state index contributed by atoms with van der Waals surface area (Å²) in [5.74, 6) is -2.44. The Hall–Kier alpha value is -1.43. The van der Waals surface area contributed by atoms with Gasteiger partial charge in [0.05, 0.1) is 16.1 Å². The highest BCUT2D eigenvalue weighted by Crippen LogP contribution is 2.41. The molecule has 0 spiro atoms. The second-order valence-electron chi connectivity index (χ2n) is 4.17. The molecule has 0 heterocycles. The number of carboxylic acids is 1. The van der Waals surface area contributed by atoms with E-state index < -0.39 is 32.8 Å². The molecule has 1 aliphatic rings. The van der Waals surface area contributed by atoms with E-state index in [-0.39, 0.29) is 11.3 Å². The Bertz CT molecular complexity index is 579. The maximum atomic E-state index is 12.9. The first-order valence-corrected chi connectivity index (χ1v) is 6.61. The largest absolute Gasteiger partial charge is 0.481 e. The lowest BCUT2D eigenvalue weighted by Gasteiger charge is -2.06. The molecule has 0 amide bonds. The van der Waals surface area contributed by atoms with Crippen LogP contribution in [-0.2, 0) is 14.6 Å². The first kappa shape index (κ1) is 12.0. The first-order valence-electron chi connectivity index (χ1n) is 5.07. The highest BCUT2D eigenvalue weighted by Gasteiger charge is 2.52. The molecule has 2 rings (SSSR count). The Balaban J connectivity index is 2.37. The lowest BCUT2D eigenvalue weighted by molar-refractivity contribution is -0.138. The fourth-order valence-corrected chi connectivity index (χ4v) is 3.97. The third-order valence-corrected chi connectivity index (χ3v) is 5.28. The summed E-state index contributed by atoms with van der Waals surface area (Å²) in [5.41, 5.74) is 0.307. The van der Waals surface area contributed by atoms with E-state index in [0.717, 1.165) is 12.1 Å². The number of hydrogen-bond acceptors (Lipinski definition) is 3. The summed E-state index contributed by atoms with van der Waals surface area (Å²) in [6, 6.07) is 3.39. The van der Waals surface area contributed by atoms with Crippen LogP contribution in [0, 0.1) is 18.7 Å². The van der Waals surface area contributed by atoms with Crippen LogP contribution in [0.2, 0.25) is 0 Å². The van der Waals surface area contributed by atoms with Crippen molar-refractivity contribution in [2.75, 3.05) is 0 Å². The number of rotatable bonds is 3. The molecule has 0 radical (unpaired) electrons. The number of carboxylic acid groups (broad SMARTS) is 1. The molecule has 0 aromatic heterocycles. The monoisotopic (exact) mass is 258 g/mol. The molecule has 1 aromatic rings. The van der Waals surface area contributed by atoms with Gasteiger partial charge in [0.15, 0.2) is 9.84 Å². The zero-order valence-corrected chi connectivity index (χ0v) is 9.87. The van der Waals surface area contributed by atoms with Crippen molar-refractivity contribution < 1.29 is 22.7 Å². The van der Waals surface area contributed by atoms with Crippen molar-refractivity contribution >= 4 is 15.8 Å². The maximum Gasteiger partial charge on any atom is 0.307 e. The van der Waals surface area contributed by atoms with Crippen LogP contribution in [0.5, 0.6) is 0 Å². The standard InChI is InChI=1S/C11H11FO4S/c1-6-4-7(12)2-3-9(6)17(15,16)10-5-8(10)11(13)14/h2-4,8,10H,5H2,1H3,(H,13,14). The Labute approximate surface area is 98.0 Å². The molecule has 1 aromatic carbocycles. The summed E-state index contributed by atoms with van der Waals surface area (Å²) >= 11 is 0. The van der Waals surface area contributed by atoms with Crippen LogP contribution in [0.15, 0.2) is 23.1 Å². The molecular formula is C11H11FO4S. The molecule has 17 heavy (non-hydrogen) atoms. The van der Waals surface area contributed by atoms with Gasteiger partial charge in [-0.1, -0.05) is 0 Å². The number of benzene rings is 1. The quantitative estimate of drug-likeness (QED) is 0.831. The SMILES string of the molecule is Cc1cc(F)ccc1S(=O)(=O)C1CC1C(=O)O. The van der Waals surface area contributed by atoms with Gasteiger partial charge in [-0.3, -0.25) is 4.79 Å². The lowest BCUT2D eigenvalue weighted by atomic mass is 10.2. The minimum atomic E-state index is -3.65. The van der Waals surface area contributed by atoms with Gasteiger partial charge < -0.3 is 5.11 Å². The van der Waals surface area contributed by atoms with Crippen LogP contribution in [0.25, 0.3) is 0 Å². The zero-order valence-electron chi connectivity index (χ0n) is 9.05. The van der Waals surface area contributed by atoms with Gasteiger partial charge in [0, 0.05) is 0 Å². The Morgan fingerprint density at radius 2 is 2.12 bits per heavy atom.